The molecule has 0 heterocycles. The normalized spacial score (nSPS) is 19.7. The molecule has 1 aliphatic carbocycles. The van der Waals surface area contributed by atoms with Gasteiger partial charge in [-0.15, -0.1) is 0 Å². The van der Waals surface area contributed by atoms with Crippen molar-refractivity contribution in [2.75, 3.05) is 6.54 Å². The molecule has 0 spiro atoms. The van der Waals surface area contributed by atoms with Gasteiger partial charge in [0.2, 0.25) is 0 Å². The fourth-order valence-corrected chi connectivity index (χ4v) is 3.18. The van der Waals surface area contributed by atoms with Crippen molar-refractivity contribution in [3.05, 3.63) is 35.4 Å². The van der Waals surface area contributed by atoms with E-state index in [1.54, 1.807) is 17.0 Å². The number of carbonyl (C=O) groups is 2. The minimum atomic E-state index is -0.738. The van der Waals surface area contributed by atoms with E-state index in [1.165, 1.54) is 0 Å². The van der Waals surface area contributed by atoms with Crippen molar-refractivity contribution in [1.29, 1.82) is 5.26 Å². The second kappa shape index (κ2) is 9.07. The third-order valence-corrected chi connectivity index (χ3v) is 4.64. The highest BCUT2D eigenvalue weighted by Gasteiger charge is 2.27. The first-order valence-corrected chi connectivity index (χ1v) is 8.80. The van der Waals surface area contributed by atoms with E-state index in [1.807, 2.05) is 19.1 Å². The van der Waals surface area contributed by atoms with Crippen LogP contribution in [0.5, 0.6) is 0 Å². The largest absolute Gasteiger partial charge is 0.481 e. The molecule has 0 radical (unpaired) electrons. The smallest absolute Gasteiger partial charge is 0.317 e. The molecule has 0 unspecified atom stereocenters. The molecule has 2 N–H and O–H groups in total. The zero-order chi connectivity index (χ0) is 18.2. The van der Waals surface area contributed by atoms with Crippen LogP contribution >= 0.6 is 0 Å². The Morgan fingerprint density at radius 1 is 1.24 bits per heavy atom. The van der Waals surface area contributed by atoms with Gasteiger partial charge in [-0.1, -0.05) is 19.1 Å². The third-order valence-electron chi connectivity index (χ3n) is 4.64. The summed E-state index contributed by atoms with van der Waals surface area (Å²) >= 11 is 0. The highest BCUT2D eigenvalue weighted by Crippen LogP contribution is 2.24. The topological polar surface area (TPSA) is 93.4 Å². The standard InChI is InChI=1S/C19H25N3O3/c1-2-11-22(13-15-5-3-14(12-20)4-6-15)19(25)21-17-9-7-16(8-10-17)18(23)24/h3-6,16-17H,2,7-11,13H2,1H3,(H,21,25)(H,23,24). The van der Waals surface area contributed by atoms with Crippen molar-refractivity contribution in [1.82, 2.24) is 10.2 Å². The zero-order valence-electron chi connectivity index (χ0n) is 14.6. The third kappa shape index (κ3) is 5.49. The van der Waals surface area contributed by atoms with Crippen LogP contribution in [0.2, 0.25) is 0 Å². The molecule has 0 aromatic heterocycles. The molecule has 0 aliphatic heterocycles. The van der Waals surface area contributed by atoms with Crippen LogP contribution in [0, 0.1) is 17.2 Å². The maximum Gasteiger partial charge on any atom is 0.317 e. The van der Waals surface area contributed by atoms with Crippen molar-refractivity contribution in [2.24, 2.45) is 5.92 Å². The van der Waals surface area contributed by atoms with Gasteiger partial charge in [0.05, 0.1) is 17.6 Å². The fraction of sp³-hybridized carbons (Fsp3) is 0.526. The number of carbonyl (C=O) groups excluding carboxylic acids is 1. The van der Waals surface area contributed by atoms with Gasteiger partial charge in [-0.2, -0.15) is 5.26 Å². The van der Waals surface area contributed by atoms with Gasteiger partial charge in [0.25, 0.3) is 0 Å². The number of carboxylic acid groups (broad SMARTS) is 1. The number of nitrogens with zero attached hydrogens (tertiary/aromatic N) is 2. The molecule has 1 fully saturated rings. The summed E-state index contributed by atoms with van der Waals surface area (Å²) in [5.74, 6) is -1.02. The highest BCUT2D eigenvalue weighted by atomic mass is 16.4. The summed E-state index contributed by atoms with van der Waals surface area (Å²) in [5.41, 5.74) is 1.59. The Balaban J connectivity index is 1.91. The van der Waals surface area contributed by atoms with Crippen LogP contribution in [0.15, 0.2) is 24.3 Å². The summed E-state index contributed by atoms with van der Waals surface area (Å²) in [6.07, 6.45) is 3.50. The summed E-state index contributed by atoms with van der Waals surface area (Å²) < 4.78 is 0. The maximum absolute atomic E-state index is 12.6. The van der Waals surface area contributed by atoms with Crippen molar-refractivity contribution in [3.8, 4) is 6.07 Å². The molecule has 0 saturated heterocycles. The van der Waals surface area contributed by atoms with E-state index in [2.05, 4.69) is 11.4 Å². The van der Waals surface area contributed by atoms with Crippen LogP contribution < -0.4 is 5.32 Å². The quantitative estimate of drug-likeness (QED) is 0.830. The Labute approximate surface area is 148 Å². The Morgan fingerprint density at radius 2 is 1.88 bits per heavy atom. The van der Waals surface area contributed by atoms with Crippen LogP contribution in [0.1, 0.15) is 50.2 Å². The van der Waals surface area contributed by atoms with Crippen LogP contribution in [0.4, 0.5) is 4.79 Å². The number of urea groups is 1. The molecule has 2 rings (SSSR count). The van der Waals surface area contributed by atoms with Crippen LogP contribution in [-0.2, 0) is 11.3 Å². The van der Waals surface area contributed by atoms with E-state index in [0.717, 1.165) is 12.0 Å². The molecule has 1 aromatic rings. The lowest BCUT2D eigenvalue weighted by Gasteiger charge is -2.30. The second-order valence-corrected chi connectivity index (χ2v) is 6.57. The molecule has 0 atom stereocenters. The molecule has 1 aromatic carbocycles. The van der Waals surface area contributed by atoms with E-state index in [-0.39, 0.29) is 18.0 Å². The maximum atomic E-state index is 12.6. The number of rotatable bonds is 6. The predicted octanol–water partition coefficient (Wildman–Crippen LogP) is 3.12. The first-order chi connectivity index (χ1) is 12.0. The first kappa shape index (κ1) is 18.8. The van der Waals surface area contributed by atoms with Gasteiger partial charge in [-0.3, -0.25) is 4.79 Å². The first-order valence-electron chi connectivity index (χ1n) is 8.80. The lowest BCUT2D eigenvalue weighted by molar-refractivity contribution is -0.142. The Morgan fingerprint density at radius 3 is 2.40 bits per heavy atom. The van der Waals surface area contributed by atoms with Crippen LogP contribution in [0.3, 0.4) is 0 Å². The molecule has 0 bridgehead atoms. The summed E-state index contributed by atoms with van der Waals surface area (Å²) in [6, 6.07) is 9.27. The molecule has 6 nitrogen and oxygen atoms in total. The number of hydrogen-bond acceptors (Lipinski definition) is 3. The van der Waals surface area contributed by atoms with E-state index in [4.69, 9.17) is 10.4 Å². The number of nitriles is 1. The van der Waals surface area contributed by atoms with E-state index in [0.29, 0.717) is 44.3 Å². The number of nitrogens with one attached hydrogen (secondary N) is 1. The van der Waals surface area contributed by atoms with E-state index in [9.17, 15) is 9.59 Å². The highest BCUT2D eigenvalue weighted by molar-refractivity contribution is 5.74. The van der Waals surface area contributed by atoms with Gasteiger partial charge in [0.15, 0.2) is 0 Å². The summed E-state index contributed by atoms with van der Waals surface area (Å²) in [5, 5.41) is 21.0. The molecule has 6 heteroatoms. The average molecular weight is 343 g/mol. The summed E-state index contributed by atoms with van der Waals surface area (Å²) in [6.45, 7) is 3.17. The van der Waals surface area contributed by atoms with Crippen LogP contribution in [0.25, 0.3) is 0 Å². The monoisotopic (exact) mass is 343 g/mol. The molecule has 25 heavy (non-hydrogen) atoms. The van der Waals surface area contributed by atoms with E-state index >= 15 is 0 Å². The van der Waals surface area contributed by atoms with Gasteiger partial charge < -0.3 is 15.3 Å². The molecular weight excluding hydrogens is 318 g/mol. The predicted molar refractivity (Wildman–Crippen MR) is 93.8 cm³/mol. The Hall–Kier alpha value is -2.55. The molecule has 1 aliphatic rings. The van der Waals surface area contributed by atoms with Crippen molar-refractivity contribution in [2.45, 2.75) is 51.6 Å². The number of aliphatic carboxylic acids is 1. The number of benzene rings is 1. The number of amides is 2. The fourth-order valence-electron chi connectivity index (χ4n) is 3.18. The average Bonchev–Trinajstić information content (AvgIpc) is 2.62. The van der Waals surface area contributed by atoms with Crippen molar-refractivity contribution < 1.29 is 14.7 Å². The van der Waals surface area contributed by atoms with Gasteiger partial charge in [0, 0.05) is 19.1 Å². The van der Waals surface area contributed by atoms with Gasteiger partial charge in [-0.25, -0.2) is 4.79 Å². The summed E-state index contributed by atoms with van der Waals surface area (Å²) in [4.78, 5) is 25.4. The lowest BCUT2D eigenvalue weighted by Crippen LogP contribution is -2.46. The van der Waals surface area contributed by atoms with Gasteiger partial charge >= 0.3 is 12.0 Å². The number of carboxylic acids is 1. The van der Waals surface area contributed by atoms with E-state index < -0.39 is 5.97 Å². The lowest BCUT2D eigenvalue weighted by atomic mass is 9.86. The molecule has 2 amide bonds. The zero-order valence-corrected chi connectivity index (χ0v) is 14.6. The minimum absolute atomic E-state index is 0.0448. The minimum Gasteiger partial charge on any atom is -0.481 e. The SMILES string of the molecule is CCCN(Cc1ccc(C#N)cc1)C(=O)NC1CCC(C(=O)O)CC1. The van der Waals surface area contributed by atoms with Crippen molar-refractivity contribution >= 4 is 12.0 Å². The summed E-state index contributed by atoms with van der Waals surface area (Å²) in [7, 11) is 0. The molecular formula is C19H25N3O3. The van der Waals surface area contributed by atoms with Gasteiger partial charge in [0.1, 0.15) is 0 Å². The Kier molecular flexibility index (Phi) is 6.81. The second-order valence-electron chi connectivity index (χ2n) is 6.57. The van der Waals surface area contributed by atoms with Crippen LogP contribution in [-0.4, -0.2) is 34.6 Å². The van der Waals surface area contributed by atoms with Gasteiger partial charge in [-0.05, 0) is 49.8 Å². The number of hydrogen-bond donors (Lipinski definition) is 2. The molecule has 1 saturated carbocycles. The molecule has 134 valence electrons. The van der Waals surface area contributed by atoms with Crippen molar-refractivity contribution in [3.63, 3.8) is 0 Å². The Bertz CT molecular complexity index is 628.